The van der Waals surface area contributed by atoms with Crippen molar-refractivity contribution in [3.05, 3.63) is 31.0 Å². The summed E-state index contributed by atoms with van der Waals surface area (Å²) in [5.41, 5.74) is 2.53. The first-order valence-corrected chi connectivity index (χ1v) is 7.53. The van der Waals surface area contributed by atoms with Crippen LogP contribution in [-0.2, 0) is 5.54 Å². The molecule has 3 aromatic heterocycles. The van der Waals surface area contributed by atoms with Gasteiger partial charge in [-0.1, -0.05) is 12.8 Å². The lowest BCUT2D eigenvalue weighted by atomic mass is 9.94. The zero-order valence-corrected chi connectivity index (χ0v) is 12.2. The SMILES string of the molecule is N#CCC1(n2cc(-c3ncnc4[nH]ccc34)cn2)CCCC1. The lowest BCUT2D eigenvalue weighted by Crippen LogP contribution is -2.30. The molecule has 22 heavy (non-hydrogen) atoms. The number of rotatable bonds is 3. The molecule has 0 amide bonds. The molecule has 0 saturated heterocycles. The van der Waals surface area contributed by atoms with Gasteiger partial charge in [0, 0.05) is 23.3 Å². The summed E-state index contributed by atoms with van der Waals surface area (Å²) >= 11 is 0. The Morgan fingerprint density at radius 2 is 2.18 bits per heavy atom. The first kappa shape index (κ1) is 13.0. The minimum Gasteiger partial charge on any atom is -0.346 e. The second-order valence-electron chi connectivity index (χ2n) is 5.90. The number of nitriles is 1. The minimum absolute atomic E-state index is 0.142. The van der Waals surface area contributed by atoms with E-state index >= 15 is 0 Å². The molecule has 0 unspecified atom stereocenters. The van der Waals surface area contributed by atoms with E-state index in [-0.39, 0.29) is 5.54 Å². The van der Waals surface area contributed by atoms with Gasteiger partial charge >= 0.3 is 0 Å². The van der Waals surface area contributed by atoms with Crippen LogP contribution in [0, 0.1) is 11.3 Å². The lowest BCUT2D eigenvalue weighted by Gasteiger charge is -2.26. The van der Waals surface area contributed by atoms with E-state index in [1.54, 1.807) is 6.33 Å². The van der Waals surface area contributed by atoms with E-state index in [1.807, 2.05) is 29.3 Å². The van der Waals surface area contributed by atoms with Crippen LogP contribution >= 0.6 is 0 Å². The second kappa shape index (κ2) is 4.95. The summed E-state index contributed by atoms with van der Waals surface area (Å²) in [6, 6.07) is 4.31. The molecule has 0 bridgehead atoms. The average molecular weight is 292 g/mol. The first-order chi connectivity index (χ1) is 10.8. The summed E-state index contributed by atoms with van der Waals surface area (Å²) < 4.78 is 1.99. The summed E-state index contributed by atoms with van der Waals surface area (Å²) in [5.74, 6) is 0. The van der Waals surface area contributed by atoms with Gasteiger partial charge in [0.2, 0.25) is 0 Å². The molecule has 0 radical (unpaired) electrons. The molecule has 3 aromatic rings. The van der Waals surface area contributed by atoms with Crippen molar-refractivity contribution in [2.45, 2.75) is 37.6 Å². The molecule has 0 aliphatic heterocycles. The fraction of sp³-hybridized carbons (Fsp3) is 0.375. The predicted molar refractivity (Wildman–Crippen MR) is 81.8 cm³/mol. The number of aromatic nitrogens is 5. The lowest BCUT2D eigenvalue weighted by molar-refractivity contribution is 0.269. The van der Waals surface area contributed by atoms with Crippen molar-refractivity contribution in [1.29, 1.82) is 5.26 Å². The third-order valence-corrected chi connectivity index (χ3v) is 4.64. The van der Waals surface area contributed by atoms with Crippen LogP contribution in [0.2, 0.25) is 0 Å². The summed E-state index contributed by atoms with van der Waals surface area (Å²) in [7, 11) is 0. The van der Waals surface area contributed by atoms with Gasteiger partial charge in [-0.3, -0.25) is 4.68 Å². The Bertz CT molecular complexity index is 847. The van der Waals surface area contributed by atoms with E-state index in [9.17, 15) is 5.26 Å². The van der Waals surface area contributed by atoms with E-state index in [4.69, 9.17) is 0 Å². The van der Waals surface area contributed by atoms with Gasteiger partial charge in [-0.15, -0.1) is 0 Å². The van der Waals surface area contributed by atoms with Crippen LogP contribution in [0.4, 0.5) is 0 Å². The molecule has 6 heteroatoms. The summed E-state index contributed by atoms with van der Waals surface area (Å²) in [6.45, 7) is 0. The number of nitrogens with zero attached hydrogens (tertiary/aromatic N) is 5. The Balaban J connectivity index is 1.78. The van der Waals surface area contributed by atoms with E-state index < -0.39 is 0 Å². The maximum Gasteiger partial charge on any atom is 0.141 e. The van der Waals surface area contributed by atoms with E-state index in [2.05, 4.69) is 26.1 Å². The first-order valence-electron chi connectivity index (χ1n) is 7.53. The van der Waals surface area contributed by atoms with Gasteiger partial charge in [-0.25, -0.2) is 9.97 Å². The van der Waals surface area contributed by atoms with E-state index in [1.165, 1.54) is 0 Å². The van der Waals surface area contributed by atoms with Gasteiger partial charge in [-0.05, 0) is 18.9 Å². The fourth-order valence-corrected chi connectivity index (χ4v) is 3.47. The van der Waals surface area contributed by atoms with Crippen molar-refractivity contribution in [2.75, 3.05) is 0 Å². The highest BCUT2D eigenvalue weighted by Crippen LogP contribution is 2.39. The molecule has 1 fully saturated rings. The Kier molecular flexibility index (Phi) is 2.93. The Hall–Kier alpha value is -2.68. The smallest absolute Gasteiger partial charge is 0.141 e. The van der Waals surface area contributed by atoms with Crippen LogP contribution in [-0.4, -0.2) is 24.7 Å². The third-order valence-electron chi connectivity index (χ3n) is 4.64. The van der Waals surface area contributed by atoms with Crippen LogP contribution in [0.15, 0.2) is 31.0 Å². The largest absolute Gasteiger partial charge is 0.346 e. The van der Waals surface area contributed by atoms with Gasteiger partial charge in [0.1, 0.15) is 12.0 Å². The highest BCUT2D eigenvalue weighted by molar-refractivity contribution is 5.89. The van der Waals surface area contributed by atoms with Crippen molar-refractivity contribution in [1.82, 2.24) is 24.7 Å². The zero-order valence-electron chi connectivity index (χ0n) is 12.2. The van der Waals surface area contributed by atoms with Crippen molar-refractivity contribution < 1.29 is 0 Å². The molecule has 1 N–H and O–H groups in total. The molecule has 4 rings (SSSR count). The molecule has 1 aliphatic carbocycles. The molecule has 1 saturated carbocycles. The monoisotopic (exact) mass is 292 g/mol. The Morgan fingerprint density at radius 1 is 1.32 bits per heavy atom. The van der Waals surface area contributed by atoms with Gasteiger partial charge < -0.3 is 4.98 Å². The summed E-state index contributed by atoms with van der Waals surface area (Å²) in [5, 5.41) is 14.7. The van der Waals surface area contributed by atoms with Gasteiger partial charge in [0.15, 0.2) is 0 Å². The highest BCUT2D eigenvalue weighted by Gasteiger charge is 2.36. The number of fused-ring (bicyclic) bond motifs is 1. The number of nitrogens with one attached hydrogen (secondary N) is 1. The summed E-state index contributed by atoms with van der Waals surface area (Å²) in [4.78, 5) is 11.7. The van der Waals surface area contributed by atoms with Crippen molar-refractivity contribution in [3.8, 4) is 17.3 Å². The molecular weight excluding hydrogens is 276 g/mol. The average Bonchev–Trinajstić information content (AvgIpc) is 3.27. The predicted octanol–water partition coefficient (Wildman–Crippen LogP) is 3.00. The van der Waals surface area contributed by atoms with Crippen molar-refractivity contribution in [3.63, 3.8) is 0 Å². The molecule has 6 nitrogen and oxygen atoms in total. The second-order valence-corrected chi connectivity index (χ2v) is 5.90. The minimum atomic E-state index is -0.142. The van der Waals surface area contributed by atoms with Crippen LogP contribution in [0.25, 0.3) is 22.3 Å². The molecule has 3 heterocycles. The van der Waals surface area contributed by atoms with Gasteiger partial charge in [0.05, 0.1) is 29.9 Å². The number of H-pyrrole nitrogens is 1. The van der Waals surface area contributed by atoms with Crippen LogP contribution in [0.1, 0.15) is 32.1 Å². The molecule has 0 atom stereocenters. The molecule has 110 valence electrons. The number of aromatic amines is 1. The quantitative estimate of drug-likeness (QED) is 0.804. The number of hydrogen-bond donors (Lipinski definition) is 1. The molecule has 0 aromatic carbocycles. The molecular formula is C16H16N6. The topological polar surface area (TPSA) is 83.2 Å². The normalized spacial score (nSPS) is 16.9. The van der Waals surface area contributed by atoms with Crippen molar-refractivity contribution >= 4 is 11.0 Å². The Labute approximate surface area is 127 Å². The zero-order chi connectivity index (χ0) is 15.0. The standard InChI is InChI=1S/C16H16N6/c17-7-6-16(4-1-2-5-16)22-10-12(9-21-22)14-13-3-8-18-15(13)20-11-19-14/h3,8-11H,1-2,4-6H2,(H,18,19,20). The highest BCUT2D eigenvalue weighted by atomic mass is 15.3. The summed E-state index contributed by atoms with van der Waals surface area (Å²) in [6.07, 6.45) is 12.2. The maximum atomic E-state index is 9.17. The van der Waals surface area contributed by atoms with Crippen molar-refractivity contribution in [2.24, 2.45) is 0 Å². The third kappa shape index (κ3) is 1.90. The molecule has 1 aliphatic rings. The Morgan fingerprint density at radius 3 is 3.00 bits per heavy atom. The maximum absolute atomic E-state index is 9.17. The van der Waals surface area contributed by atoms with Crippen LogP contribution < -0.4 is 0 Å². The van der Waals surface area contributed by atoms with E-state index in [0.717, 1.165) is 48.0 Å². The molecule has 0 spiro atoms. The number of hydrogen-bond acceptors (Lipinski definition) is 4. The van der Waals surface area contributed by atoms with Gasteiger partial charge in [0.25, 0.3) is 0 Å². The van der Waals surface area contributed by atoms with E-state index in [0.29, 0.717) is 6.42 Å². The fourth-order valence-electron chi connectivity index (χ4n) is 3.47. The van der Waals surface area contributed by atoms with Crippen LogP contribution in [0.3, 0.4) is 0 Å². The van der Waals surface area contributed by atoms with Gasteiger partial charge in [-0.2, -0.15) is 10.4 Å². The van der Waals surface area contributed by atoms with Crippen LogP contribution in [0.5, 0.6) is 0 Å².